The molecule has 2 heterocycles. The molecule has 2 aliphatic rings. The van der Waals surface area contributed by atoms with E-state index in [1.807, 2.05) is 73.7 Å². The van der Waals surface area contributed by atoms with Crippen LogP contribution < -0.4 is 4.90 Å². The van der Waals surface area contributed by atoms with Gasteiger partial charge in [-0.2, -0.15) is 5.26 Å². The number of carbonyl (C=O) groups excluding carboxylic acids is 4. The van der Waals surface area contributed by atoms with Gasteiger partial charge in [0.15, 0.2) is 0 Å². The molecule has 0 bridgehead atoms. The Balaban J connectivity index is 1.50. The number of para-hydroxylation sites is 1. The lowest BCUT2D eigenvalue weighted by Gasteiger charge is -2.29. The average molecular weight is 563 g/mol. The van der Waals surface area contributed by atoms with Crippen LogP contribution in [-0.4, -0.2) is 23.8 Å². The Morgan fingerprint density at radius 2 is 1.33 bits per heavy atom. The maximum absolute atomic E-state index is 13.7. The van der Waals surface area contributed by atoms with E-state index in [0.717, 1.165) is 11.1 Å². The molecule has 0 saturated carbocycles. The molecule has 0 radical (unpaired) electrons. The molecule has 3 aromatic rings. The number of cyclic esters (lactones) is 2. The Morgan fingerprint density at radius 1 is 0.762 bits per heavy atom. The second-order valence-electron chi connectivity index (χ2n) is 11.5. The summed E-state index contributed by atoms with van der Waals surface area (Å²) in [4.78, 5) is 55.0. The van der Waals surface area contributed by atoms with E-state index in [1.54, 1.807) is 31.2 Å². The first kappa shape index (κ1) is 28.9. The molecule has 0 aliphatic carbocycles. The molecule has 0 N–H and O–H groups in total. The minimum Gasteiger partial charge on any atom is -0.393 e. The average Bonchev–Trinajstić information content (AvgIpc) is 3.41. The van der Waals surface area contributed by atoms with Crippen LogP contribution >= 0.6 is 0 Å². The van der Waals surface area contributed by atoms with Crippen molar-refractivity contribution in [1.82, 2.24) is 0 Å². The van der Waals surface area contributed by atoms with Gasteiger partial charge in [0.1, 0.15) is 0 Å². The monoisotopic (exact) mass is 562 g/mol. The molecule has 5 rings (SSSR count). The summed E-state index contributed by atoms with van der Waals surface area (Å²) in [5.74, 6) is -5.55. The maximum Gasteiger partial charge on any atom is 0.318 e. The summed E-state index contributed by atoms with van der Waals surface area (Å²) < 4.78 is 5.28. The summed E-state index contributed by atoms with van der Waals surface area (Å²) in [6.07, 6.45) is 1.07. The molecule has 2 saturated heterocycles. The fourth-order valence-corrected chi connectivity index (χ4v) is 6.59. The molecule has 2 amide bonds. The second kappa shape index (κ2) is 12.5. The summed E-state index contributed by atoms with van der Waals surface area (Å²) in [7, 11) is 0. The van der Waals surface area contributed by atoms with Gasteiger partial charge in [0, 0.05) is 11.8 Å². The number of anilines is 1. The van der Waals surface area contributed by atoms with Crippen molar-refractivity contribution in [3.8, 4) is 6.07 Å². The number of hydrogen-bond acceptors (Lipinski definition) is 6. The van der Waals surface area contributed by atoms with E-state index >= 15 is 0 Å². The van der Waals surface area contributed by atoms with Crippen LogP contribution in [0.15, 0.2) is 91.0 Å². The maximum atomic E-state index is 13.7. The first-order valence-corrected chi connectivity index (χ1v) is 14.5. The van der Waals surface area contributed by atoms with Crippen LogP contribution in [-0.2, 0) is 23.9 Å². The van der Waals surface area contributed by atoms with Crippen molar-refractivity contribution in [2.24, 2.45) is 29.6 Å². The van der Waals surface area contributed by atoms with E-state index in [4.69, 9.17) is 4.74 Å². The third-order valence-electron chi connectivity index (χ3n) is 8.81. The summed E-state index contributed by atoms with van der Waals surface area (Å²) >= 11 is 0. The lowest BCUT2D eigenvalue weighted by Crippen LogP contribution is -2.32. The SMILES string of the molecule is CC(C#N)CC(CC1C(=O)OC(=O)C1C(CC1C(=O)N(c2ccccc2)C(=O)C1C)c1ccccc1)c1ccccc1. The predicted octanol–water partition coefficient (Wildman–Crippen LogP) is 6.03. The van der Waals surface area contributed by atoms with Gasteiger partial charge in [-0.15, -0.1) is 0 Å². The summed E-state index contributed by atoms with van der Waals surface area (Å²) in [6, 6.07) is 30.2. The fourth-order valence-electron chi connectivity index (χ4n) is 6.59. The van der Waals surface area contributed by atoms with E-state index in [9.17, 15) is 24.4 Å². The number of carbonyl (C=O) groups is 4. The number of hydrogen-bond donors (Lipinski definition) is 0. The number of ether oxygens (including phenoxy) is 1. The van der Waals surface area contributed by atoms with Crippen LogP contribution in [0.2, 0.25) is 0 Å². The number of esters is 2. The van der Waals surface area contributed by atoms with E-state index in [1.165, 1.54) is 4.90 Å². The summed E-state index contributed by atoms with van der Waals surface area (Å²) in [6.45, 7) is 3.60. The fraction of sp³-hybridized carbons (Fsp3) is 0.343. The molecular formula is C35H34N2O5. The van der Waals surface area contributed by atoms with Crippen LogP contribution in [0.25, 0.3) is 0 Å². The number of benzene rings is 3. The number of nitriles is 1. The molecule has 2 aliphatic heterocycles. The van der Waals surface area contributed by atoms with Gasteiger partial charge in [-0.1, -0.05) is 85.8 Å². The normalized spacial score (nSPS) is 24.3. The van der Waals surface area contributed by atoms with E-state index in [2.05, 4.69) is 6.07 Å². The minimum atomic E-state index is -0.829. The molecule has 0 spiro atoms. The Morgan fingerprint density at radius 3 is 1.93 bits per heavy atom. The Bertz CT molecular complexity index is 1480. The topological polar surface area (TPSA) is 105 Å². The quantitative estimate of drug-likeness (QED) is 0.170. The third kappa shape index (κ3) is 5.75. The highest BCUT2D eigenvalue weighted by Gasteiger charge is 2.53. The minimum absolute atomic E-state index is 0.148. The van der Waals surface area contributed by atoms with Crippen molar-refractivity contribution in [1.29, 1.82) is 5.26 Å². The van der Waals surface area contributed by atoms with Crippen LogP contribution in [0.5, 0.6) is 0 Å². The molecular weight excluding hydrogens is 528 g/mol. The van der Waals surface area contributed by atoms with Gasteiger partial charge in [0.2, 0.25) is 11.8 Å². The first-order valence-electron chi connectivity index (χ1n) is 14.5. The summed E-state index contributed by atoms with van der Waals surface area (Å²) in [5.41, 5.74) is 2.32. The Labute approximate surface area is 246 Å². The van der Waals surface area contributed by atoms with Gasteiger partial charge in [-0.05, 0) is 61.3 Å². The highest BCUT2D eigenvalue weighted by atomic mass is 16.6. The molecule has 42 heavy (non-hydrogen) atoms. The highest BCUT2D eigenvalue weighted by Crippen LogP contribution is 2.47. The van der Waals surface area contributed by atoms with Crippen molar-refractivity contribution in [3.05, 3.63) is 102 Å². The largest absolute Gasteiger partial charge is 0.393 e. The van der Waals surface area contributed by atoms with E-state index < -0.39 is 41.5 Å². The van der Waals surface area contributed by atoms with Gasteiger partial charge in [0.25, 0.3) is 0 Å². The number of amides is 2. The van der Waals surface area contributed by atoms with Crippen molar-refractivity contribution in [3.63, 3.8) is 0 Å². The lowest BCUT2D eigenvalue weighted by atomic mass is 9.70. The number of nitrogens with zero attached hydrogens (tertiary/aromatic N) is 2. The lowest BCUT2D eigenvalue weighted by molar-refractivity contribution is -0.154. The summed E-state index contributed by atoms with van der Waals surface area (Å²) in [5, 5.41) is 9.55. The van der Waals surface area contributed by atoms with Crippen LogP contribution in [0.4, 0.5) is 5.69 Å². The Kier molecular flexibility index (Phi) is 8.63. The molecule has 7 unspecified atom stereocenters. The van der Waals surface area contributed by atoms with Gasteiger partial charge in [0.05, 0.1) is 29.5 Å². The Hall–Kier alpha value is -4.57. The van der Waals surface area contributed by atoms with Crippen LogP contribution in [0.1, 0.15) is 56.1 Å². The number of rotatable bonds is 10. The molecule has 214 valence electrons. The molecule has 7 nitrogen and oxygen atoms in total. The predicted molar refractivity (Wildman–Crippen MR) is 157 cm³/mol. The zero-order valence-corrected chi connectivity index (χ0v) is 23.8. The van der Waals surface area contributed by atoms with Crippen LogP contribution in [0.3, 0.4) is 0 Å². The van der Waals surface area contributed by atoms with Crippen molar-refractivity contribution in [2.75, 3.05) is 4.90 Å². The standard InChI is InChI=1S/C35H34N2O5/c1-22(21-36)18-26(24-12-6-3-7-13-24)19-30-31(35(41)42-34(30)40)29(25-14-8-4-9-15-25)20-28-23(2)32(38)37(33(28)39)27-16-10-5-11-17-27/h3-17,22-23,26,28-31H,18-20H2,1-2H3. The van der Waals surface area contributed by atoms with Crippen molar-refractivity contribution in [2.45, 2.75) is 44.9 Å². The molecule has 0 aromatic heterocycles. The number of imide groups is 1. The smallest absolute Gasteiger partial charge is 0.318 e. The molecule has 7 heteroatoms. The van der Waals surface area contributed by atoms with Gasteiger partial charge < -0.3 is 4.74 Å². The van der Waals surface area contributed by atoms with E-state index in [0.29, 0.717) is 18.5 Å². The van der Waals surface area contributed by atoms with Crippen molar-refractivity contribution >= 4 is 29.4 Å². The van der Waals surface area contributed by atoms with Gasteiger partial charge >= 0.3 is 11.9 Å². The third-order valence-corrected chi connectivity index (χ3v) is 8.81. The molecule has 2 fully saturated rings. The van der Waals surface area contributed by atoms with Gasteiger partial charge in [-0.3, -0.25) is 24.1 Å². The van der Waals surface area contributed by atoms with E-state index in [-0.39, 0.29) is 30.1 Å². The molecule has 3 aromatic carbocycles. The van der Waals surface area contributed by atoms with Crippen LogP contribution in [0, 0.1) is 40.9 Å². The zero-order valence-electron chi connectivity index (χ0n) is 23.8. The zero-order chi connectivity index (χ0) is 29.8. The second-order valence-corrected chi connectivity index (χ2v) is 11.5. The first-order chi connectivity index (χ1) is 20.3. The molecule has 7 atom stereocenters. The highest BCUT2D eigenvalue weighted by molar-refractivity contribution is 6.21. The van der Waals surface area contributed by atoms with Gasteiger partial charge in [-0.25, -0.2) is 0 Å². The van der Waals surface area contributed by atoms with Crippen molar-refractivity contribution < 1.29 is 23.9 Å².